The number of hydrogen-bond donors (Lipinski definition) is 1. The molecule has 3 aliphatic heterocycles. The lowest BCUT2D eigenvalue weighted by atomic mass is 9.91. The van der Waals surface area contributed by atoms with E-state index in [4.69, 9.17) is 9.47 Å². The second-order valence-electron chi connectivity index (χ2n) is 7.06. The lowest BCUT2D eigenvalue weighted by molar-refractivity contribution is -0.877. The summed E-state index contributed by atoms with van der Waals surface area (Å²) in [6.45, 7) is 7.22. The van der Waals surface area contributed by atoms with Crippen LogP contribution in [0.25, 0.3) is 0 Å². The van der Waals surface area contributed by atoms with Gasteiger partial charge in [0.05, 0.1) is 13.1 Å². The molecular formula is C18H23NO6. The van der Waals surface area contributed by atoms with E-state index in [-0.39, 0.29) is 30.7 Å². The van der Waals surface area contributed by atoms with Gasteiger partial charge in [-0.1, -0.05) is 12.7 Å². The molecule has 3 rings (SSSR count). The molecule has 136 valence electrons. The van der Waals surface area contributed by atoms with Crippen LogP contribution in [0.1, 0.15) is 26.7 Å². The Labute approximate surface area is 146 Å². The van der Waals surface area contributed by atoms with Gasteiger partial charge in [0.25, 0.3) is 0 Å². The third-order valence-electron chi connectivity index (χ3n) is 5.42. The summed E-state index contributed by atoms with van der Waals surface area (Å²) in [5.74, 6) is -1.38. The molecule has 0 aromatic carbocycles. The first-order valence-corrected chi connectivity index (χ1v) is 8.40. The lowest BCUT2D eigenvalue weighted by Crippen LogP contribution is -2.48. The fraction of sp³-hybridized carbons (Fsp3) is 0.556. The minimum atomic E-state index is -1.93. The van der Waals surface area contributed by atoms with Crippen LogP contribution in [-0.2, 0) is 19.1 Å². The van der Waals surface area contributed by atoms with E-state index < -0.39 is 34.3 Å². The van der Waals surface area contributed by atoms with Crippen molar-refractivity contribution in [3.8, 4) is 0 Å². The Bertz CT molecular complexity index is 692. The van der Waals surface area contributed by atoms with Gasteiger partial charge in [-0.2, -0.15) is 0 Å². The second kappa shape index (κ2) is 6.09. The van der Waals surface area contributed by atoms with Gasteiger partial charge in [-0.05, 0) is 25.5 Å². The predicted octanol–water partition coefficient (Wildman–Crippen LogP) is 1.13. The Morgan fingerprint density at radius 3 is 2.88 bits per heavy atom. The number of rotatable bonds is 0. The van der Waals surface area contributed by atoms with E-state index in [1.807, 2.05) is 0 Å². The Morgan fingerprint density at radius 2 is 2.20 bits per heavy atom. The highest BCUT2D eigenvalue weighted by atomic mass is 16.6. The molecule has 25 heavy (non-hydrogen) atoms. The fourth-order valence-corrected chi connectivity index (χ4v) is 3.69. The number of ether oxygens (including phenoxy) is 2. The van der Waals surface area contributed by atoms with Crippen molar-refractivity contribution < 1.29 is 28.8 Å². The van der Waals surface area contributed by atoms with E-state index in [0.29, 0.717) is 18.5 Å². The van der Waals surface area contributed by atoms with Gasteiger partial charge in [-0.25, -0.2) is 9.59 Å². The number of carbonyl (C=O) groups is 2. The van der Waals surface area contributed by atoms with Gasteiger partial charge in [0.1, 0.15) is 6.61 Å². The molecule has 0 amide bonds. The molecule has 0 radical (unpaired) electrons. The summed E-state index contributed by atoms with van der Waals surface area (Å²) in [4.78, 5) is 24.8. The monoisotopic (exact) mass is 349 g/mol. The molecule has 0 aromatic heterocycles. The first-order chi connectivity index (χ1) is 11.7. The van der Waals surface area contributed by atoms with Crippen molar-refractivity contribution >= 4 is 11.9 Å². The standard InChI is InChI=1S/C18H23NO6/c1-4-12-9-11(2)18(3,22)17(21)24-10-13-5-7-19(23)8-6-14(15(13)19)25-16(12)20/h4-5,14-15,22H,2,6-10H2,1,3H3/b12-4+/t14-,15-,18-,19+/m1/s1. The zero-order chi connectivity index (χ0) is 18.4. The number of quaternary nitrogens is 1. The molecule has 2 fully saturated rings. The first kappa shape index (κ1) is 17.8. The number of carbonyl (C=O) groups excluding carboxylic acids is 2. The highest BCUT2D eigenvalue weighted by molar-refractivity contribution is 5.90. The average Bonchev–Trinajstić information content (AvgIpc) is 3.05. The maximum Gasteiger partial charge on any atom is 0.342 e. The van der Waals surface area contributed by atoms with Gasteiger partial charge in [0.2, 0.25) is 0 Å². The van der Waals surface area contributed by atoms with E-state index >= 15 is 0 Å². The normalized spacial score (nSPS) is 40.7. The first-order valence-electron chi connectivity index (χ1n) is 8.40. The molecule has 0 bridgehead atoms. The van der Waals surface area contributed by atoms with E-state index in [0.717, 1.165) is 0 Å². The van der Waals surface area contributed by atoms with Crippen LogP contribution in [-0.4, -0.2) is 59.1 Å². The van der Waals surface area contributed by atoms with Gasteiger partial charge in [-0.15, -0.1) is 0 Å². The Hall–Kier alpha value is -1.96. The van der Waals surface area contributed by atoms with Gasteiger partial charge < -0.3 is 24.4 Å². The number of allylic oxidation sites excluding steroid dienone is 1. The molecule has 3 heterocycles. The Balaban J connectivity index is 1.96. The van der Waals surface area contributed by atoms with Crippen LogP contribution in [0.4, 0.5) is 0 Å². The van der Waals surface area contributed by atoms with Crippen LogP contribution >= 0.6 is 0 Å². The number of cyclic esters (lactones) is 1. The van der Waals surface area contributed by atoms with Crippen molar-refractivity contribution in [3.05, 3.63) is 40.7 Å². The second-order valence-corrected chi connectivity index (χ2v) is 7.06. The zero-order valence-electron chi connectivity index (χ0n) is 14.5. The Morgan fingerprint density at radius 1 is 1.48 bits per heavy atom. The summed E-state index contributed by atoms with van der Waals surface area (Å²) in [5, 5.41) is 23.4. The summed E-state index contributed by atoms with van der Waals surface area (Å²) in [6, 6.07) is -0.553. The molecule has 0 aromatic rings. The van der Waals surface area contributed by atoms with Crippen LogP contribution in [0.15, 0.2) is 35.5 Å². The van der Waals surface area contributed by atoms with Crippen molar-refractivity contribution in [1.29, 1.82) is 0 Å². The number of aliphatic hydroxyl groups is 1. The van der Waals surface area contributed by atoms with Crippen LogP contribution < -0.4 is 0 Å². The number of hydroxylamine groups is 3. The van der Waals surface area contributed by atoms with Crippen LogP contribution in [0.3, 0.4) is 0 Å². The fourth-order valence-electron chi connectivity index (χ4n) is 3.69. The molecule has 0 saturated carbocycles. The SMILES string of the molecule is C=C1C/C(=C\C)C(=O)O[C@@H]2CC[N@@+]3([O-])CC=C(COC(=O)[C@]1(C)O)[C@H]23. The maximum atomic E-state index is 12.9. The van der Waals surface area contributed by atoms with Crippen molar-refractivity contribution in [2.24, 2.45) is 0 Å². The minimum absolute atomic E-state index is 0.00507. The van der Waals surface area contributed by atoms with Crippen molar-refractivity contribution in [2.75, 3.05) is 19.7 Å². The lowest BCUT2D eigenvalue weighted by Gasteiger charge is -2.40. The molecular weight excluding hydrogens is 326 g/mol. The predicted molar refractivity (Wildman–Crippen MR) is 88.8 cm³/mol. The molecule has 7 nitrogen and oxygen atoms in total. The summed E-state index contributed by atoms with van der Waals surface area (Å²) in [5.41, 5.74) is -0.841. The van der Waals surface area contributed by atoms with E-state index in [1.165, 1.54) is 6.92 Å². The average molecular weight is 349 g/mol. The summed E-state index contributed by atoms with van der Waals surface area (Å²) in [7, 11) is 0. The number of hydrogen-bond acceptors (Lipinski definition) is 6. The summed E-state index contributed by atoms with van der Waals surface area (Å²) < 4.78 is 10.4. The number of nitrogens with zero attached hydrogens (tertiary/aromatic N) is 1. The molecule has 3 aliphatic rings. The topological polar surface area (TPSA) is 95.9 Å². The molecule has 1 N–H and O–H groups in total. The van der Waals surface area contributed by atoms with Gasteiger partial charge in [-0.3, -0.25) is 0 Å². The summed E-state index contributed by atoms with van der Waals surface area (Å²) in [6.07, 6.45) is 3.24. The van der Waals surface area contributed by atoms with Crippen LogP contribution in [0.2, 0.25) is 0 Å². The highest BCUT2D eigenvalue weighted by Crippen LogP contribution is 2.39. The van der Waals surface area contributed by atoms with Gasteiger partial charge in [0, 0.05) is 24.0 Å². The minimum Gasteiger partial charge on any atom is -0.632 e. The molecule has 0 unspecified atom stereocenters. The van der Waals surface area contributed by atoms with E-state index in [1.54, 1.807) is 19.1 Å². The summed E-state index contributed by atoms with van der Waals surface area (Å²) >= 11 is 0. The van der Waals surface area contributed by atoms with E-state index in [9.17, 15) is 19.9 Å². The largest absolute Gasteiger partial charge is 0.632 e. The van der Waals surface area contributed by atoms with Gasteiger partial charge in [0.15, 0.2) is 17.7 Å². The highest BCUT2D eigenvalue weighted by Gasteiger charge is 2.51. The third kappa shape index (κ3) is 2.92. The van der Waals surface area contributed by atoms with Crippen LogP contribution in [0.5, 0.6) is 0 Å². The van der Waals surface area contributed by atoms with Crippen molar-refractivity contribution in [3.63, 3.8) is 0 Å². The molecule has 2 saturated heterocycles. The molecule has 0 spiro atoms. The smallest absolute Gasteiger partial charge is 0.342 e. The molecule has 7 heteroatoms. The number of esters is 2. The Kier molecular flexibility index (Phi) is 4.35. The zero-order valence-corrected chi connectivity index (χ0v) is 14.5. The quantitative estimate of drug-likeness (QED) is 0.231. The maximum absolute atomic E-state index is 12.9. The van der Waals surface area contributed by atoms with Crippen molar-refractivity contribution in [1.82, 2.24) is 0 Å². The molecule has 0 aliphatic carbocycles. The van der Waals surface area contributed by atoms with E-state index in [2.05, 4.69) is 6.58 Å². The molecule has 4 atom stereocenters. The van der Waals surface area contributed by atoms with Crippen LogP contribution in [0, 0.1) is 5.21 Å². The third-order valence-corrected chi connectivity index (χ3v) is 5.42. The van der Waals surface area contributed by atoms with Crippen molar-refractivity contribution in [2.45, 2.75) is 44.4 Å². The van der Waals surface area contributed by atoms with Gasteiger partial charge >= 0.3 is 11.9 Å².